The van der Waals surface area contributed by atoms with Gasteiger partial charge in [0.25, 0.3) is 5.91 Å². The summed E-state index contributed by atoms with van der Waals surface area (Å²) in [4.78, 5) is 26.4. The summed E-state index contributed by atoms with van der Waals surface area (Å²) in [5.41, 5.74) is 1.12. The minimum absolute atomic E-state index is 0.0399. The number of carbonyl (C=O) groups is 2. The van der Waals surface area contributed by atoms with Crippen molar-refractivity contribution in [3.8, 4) is 5.75 Å². The van der Waals surface area contributed by atoms with Gasteiger partial charge in [0.2, 0.25) is 0 Å². The van der Waals surface area contributed by atoms with Crippen molar-refractivity contribution in [3.63, 3.8) is 0 Å². The van der Waals surface area contributed by atoms with Crippen molar-refractivity contribution < 1.29 is 19.8 Å². The topological polar surface area (TPSA) is 77.8 Å². The highest BCUT2D eigenvalue weighted by Gasteiger charge is 2.43. The molecule has 0 aromatic heterocycles. The van der Waals surface area contributed by atoms with E-state index >= 15 is 0 Å². The fourth-order valence-corrected chi connectivity index (χ4v) is 3.13. The van der Waals surface area contributed by atoms with Crippen molar-refractivity contribution in [2.75, 3.05) is 4.90 Å². The van der Waals surface area contributed by atoms with Gasteiger partial charge in [0, 0.05) is 12.1 Å². The number of carbonyl (C=O) groups excluding carboxylic acids is 2. The van der Waals surface area contributed by atoms with Crippen LogP contribution in [0, 0.1) is 0 Å². The molecule has 1 aliphatic rings. The molecule has 1 heterocycles. The molecular weight excluding hydrogens is 342 g/mol. The third kappa shape index (κ3) is 2.87. The van der Waals surface area contributed by atoms with Crippen LogP contribution in [-0.4, -0.2) is 21.9 Å². The van der Waals surface area contributed by atoms with Gasteiger partial charge < -0.3 is 10.2 Å². The molecule has 0 radical (unpaired) electrons. The SMILES string of the molecule is CCC(=O)C1=C(O)C(=O)N(c2ccccc2)C1c1ccc(O)c(Cl)c1. The van der Waals surface area contributed by atoms with Gasteiger partial charge >= 0.3 is 0 Å². The van der Waals surface area contributed by atoms with E-state index in [9.17, 15) is 19.8 Å². The summed E-state index contributed by atoms with van der Waals surface area (Å²) in [5.74, 6) is -1.61. The van der Waals surface area contributed by atoms with Crippen LogP contribution in [0.3, 0.4) is 0 Å². The molecule has 6 heteroatoms. The maximum absolute atomic E-state index is 12.7. The summed E-state index contributed by atoms with van der Waals surface area (Å²) in [7, 11) is 0. The van der Waals surface area contributed by atoms with E-state index in [2.05, 4.69) is 0 Å². The number of Topliss-reactive ketones (excluding diaryl/α,β-unsaturated/α-hetero) is 1. The number of aliphatic hydroxyl groups is 1. The molecule has 1 amide bonds. The monoisotopic (exact) mass is 357 g/mol. The minimum atomic E-state index is -0.805. The van der Waals surface area contributed by atoms with Crippen molar-refractivity contribution in [2.24, 2.45) is 0 Å². The van der Waals surface area contributed by atoms with E-state index in [0.717, 1.165) is 0 Å². The highest BCUT2D eigenvalue weighted by atomic mass is 35.5. The third-order valence-corrected chi connectivity index (χ3v) is 4.45. The number of aliphatic hydroxyl groups excluding tert-OH is 1. The fourth-order valence-electron chi connectivity index (χ4n) is 2.94. The lowest BCUT2D eigenvalue weighted by Gasteiger charge is -2.27. The zero-order chi connectivity index (χ0) is 18.1. The van der Waals surface area contributed by atoms with Crippen LogP contribution in [0.2, 0.25) is 5.02 Å². The Hall–Kier alpha value is -2.79. The van der Waals surface area contributed by atoms with Gasteiger partial charge in [-0.05, 0) is 29.8 Å². The van der Waals surface area contributed by atoms with Crippen molar-refractivity contribution >= 4 is 29.0 Å². The predicted octanol–water partition coefficient (Wildman–Crippen LogP) is 3.92. The average molecular weight is 358 g/mol. The van der Waals surface area contributed by atoms with Gasteiger partial charge in [-0.3, -0.25) is 14.5 Å². The van der Waals surface area contributed by atoms with Crippen molar-refractivity contribution in [3.05, 3.63) is 70.4 Å². The number of aromatic hydroxyl groups is 1. The number of ketones is 1. The second kappa shape index (κ2) is 6.61. The van der Waals surface area contributed by atoms with E-state index in [1.165, 1.54) is 17.0 Å². The number of halogens is 1. The molecule has 0 saturated heterocycles. The molecule has 3 rings (SSSR count). The molecule has 2 aromatic carbocycles. The molecule has 1 aliphatic heterocycles. The number of anilines is 1. The molecule has 1 atom stereocenters. The Bertz CT molecular complexity index is 876. The van der Waals surface area contributed by atoms with Gasteiger partial charge in [-0.1, -0.05) is 42.8 Å². The van der Waals surface area contributed by atoms with Gasteiger partial charge in [0.15, 0.2) is 11.5 Å². The van der Waals surface area contributed by atoms with Crippen LogP contribution in [0.25, 0.3) is 0 Å². The smallest absolute Gasteiger partial charge is 0.294 e. The molecule has 5 nitrogen and oxygen atoms in total. The minimum Gasteiger partial charge on any atom is -0.506 e. The van der Waals surface area contributed by atoms with E-state index in [-0.39, 0.29) is 28.5 Å². The molecular formula is C19H16ClNO4. The van der Waals surface area contributed by atoms with Crippen LogP contribution in [-0.2, 0) is 9.59 Å². The Morgan fingerprint density at radius 3 is 2.44 bits per heavy atom. The van der Waals surface area contributed by atoms with E-state index in [0.29, 0.717) is 11.3 Å². The van der Waals surface area contributed by atoms with E-state index in [1.807, 2.05) is 6.07 Å². The quantitative estimate of drug-likeness (QED) is 0.869. The normalized spacial score (nSPS) is 17.3. The Labute approximate surface area is 149 Å². The van der Waals surface area contributed by atoms with Crippen LogP contribution in [0.1, 0.15) is 24.9 Å². The standard InChI is InChI=1S/C19H16ClNO4/c1-2-14(22)16-17(11-8-9-15(23)13(20)10-11)21(19(25)18(16)24)12-6-4-3-5-7-12/h3-10,17,23-24H,2H2,1H3. The third-order valence-electron chi connectivity index (χ3n) is 4.15. The summed E-state index contributed by atoms with van der Waals surface area (Å²) in [6.07, 6.45) is 0.150. The highest BCUT2D eigenvalue weighted by Crippen LogP contribution is 2.42. The second-order valence-corrected chi connectivity index (χ2v) is 6.07. The maximum Gasteiger partial charge on any atom is 0.294 e. The molecule has 0 saturated carbocycles. The maximum atomic E-state index is 12.7. The fraction of sp³-hybridized carbons (Fsp3) is 0.158. The first-order valence-corrected chi connectivity index (χ1v) is 8.16. The molecule has 1 unspecified atom stereocenters. The summed E-state index contributed by atoms with van der Waals surface area (Å²) in [5, 5.41) is 20.1. The number of hydrogen-bond acceptors (Lipinski definition) is 4. The van der Waals surface area contributed by atoms with E-state index in [4.69, 9.17) is 11.6 Å². The lowest BCUT2D eigenvalue weighted by Crippen LogP contribution is -2.30. The number of para-hydroxylation sites is 1. The van der Waals surface area contributed by atoms with E-state index in [1.54, 1.807) is 37.3 Å². The first kappa shape index (κ1) is 17.0. The van der Waals surface area contributed by atoms with Crippen LogP contribution in [0.5, 0.6) is 5.75 Å². The number of phenolic OH excluding ortho intramolecular Hbond substituents is 1. The lowest BCUT2D eigenvalue weighted by molar-refractivity contribution is -0.118. The summed E-state index contributed by atoms with van der Waals surface area (Å²) in [6.45, 7) is 1.67. The molecule has 0 spiro atoms. The first-order chi connectivity index (χ1) is 12.0. The zero-order valence-electron chi connectivity index (χ0n) is 13.4. The van der Waals surface area contributed by atoms with Crippen molar-refractivity contribution in [1.82, 2.24) is 0 Å². The number of rotatable bonds is 4. The van der Waals surface area contributed by atoms with Gasteiger partial charge in [-0.25, -0.2) is 0 Å². The molecule has 0 aliphatic carbocycles. The first-order valence-electron chi connectivity index (χ1n) is 7.79. The molecule has 0 fully saturated rings. The lowest BCUT2D eigenvalue weighted by atomic mass is 9.94. The zero-order valence-corrected chi connectivity index (χ0v) is 14.2. The van der Waals surface area contributed by atoms with Crippen LogP contribution >= 0.6 is 11.6 Å². The number of amides is 1. The predicted molar refractivity (Wildman–Crippen MR) is 94.7 cm³/mol. The molecule has 2 aromatic rings. The number of hydrogen-bond donors (Lipinski definition) is 2. The second-order valence-electron chi connectivity index (χ2n) is 5.66. The largest absolute Gasteiger partial charge is 0.506 e. The van der Waals surface area contributed by atoms with Crippen molar-refractivity contribution in [2.45, 2.75) is 19.4 Å². The van der Waals surface area contributed by atoms with Crippen molar-refractivity contribution in [1.29, 1.82) is 0 Å². The van der Waals surface area contributed by atoms with Gasteiger partial charge in [0.1, 0.15) is 5.75 Å². The van der Waals surface area contributed by atoms with E-state index < -0.39 is 17.7 Å². The van der Waals surface area contributed by atoms with Gasteiger partial charge in [-0.2, -0.15) is 0 Å². The number of phenols is 1. The summed E-state index contributed by atoms with van der Waals surface area (Å²) >= 11 is 6.00. The van der Waals surface area contributed by atoms with Crippen LogP contribution in [0.15, 0.2) is 59.9 Å². The molecule has 128 valence electrons. The average Bonchev–Trinajstić information content (AvgIpc) is 2.89. The highest BCUT2D eigenvalue weighted by molar-refractivity contribution is 6.32. The van der Waals surface area contributed by atoms with Crippen LogP contribution in [0.4, 0.5) is 5.69 Å². The Morgan fingerprint density at radius 1 is 1.16 bits per heavy atom. The molecule has 25 heavy (non-hydrogen) atoms. The Morgan fingerprint density at radius 2 is 1.84 bits per heavy atom. The molecule has 0 bridgehead atoms. The van der Waals surface area contributed by atoms with Gasteiger partial charge in [0.05, 0.1) is 16.6 Å². The Balaban J connectivity index is 2.20. The van der Waals surface area contributed by atoms with Crippen LogP contribution < -0.4 is 4.90 Å². The number of benzene rings is 2. The number of nitrogens with zero attached hydrogens (tertiary/aromatic N) is 1. The Kier molecular flexibility index (Phi) is 4.51. The summed E-state index contributed by atoms with van der Waals surface area (Å²) in [6, 6.07) is 12.4. The summed E-state index contributed by atoms with van der Waals surface area (Å²) < 4.78 is 0. The molecule has 2 N–H and O–H groups in total. The van der Waals surface area contributed by atoms with Gasteiger partial charge in [-0.15, -0.1) is 0 Å².